The zero-order valence-electron chi connectivity index (χ0n) is 17.1. The van der Waals surface area contributed by atoms with Crippen LogP contribution in [0.1, 0.15) is 24.1 Å². The first-order valence-electron chi connectivity index (χ1n) is 10.2. The zero-order valence-corrected chi connectivity index (χ0v) is 17.1. The molecule has 0 bridgehead atoms. The summed E-state index contributed by atoms with van der Waals surface area (Å²) in [7, 11) is 1.91. The van der Waals surface area contributed by atoms with Gasteiger partial charge in [0.15, 0.2) is 5.82 Å². The van der Waals surface area contributed by atoms with Crippen molar-refractivity contribution >= 4 is 22.6 Å². The maximum absolute atomic E-state index is 12.3. The fraction of sp³-hybridized carbons (Fsp3) is 0.261. The van der Waals surface area contributed by atoms with Crippen LogP contribution in [0.4, 0.5) is 5.82 Å². The van der Waals surface area contributed by atoms with Crippen molar-refractivity contribution in [3.05, 3.63) is 60.0 Å². The topological polar surface area (TPSA) is 87.6 Å². The van der Waals surface area contributed by atoms with Crippen molar-refractivity contribution in [2.24, 2.45) is 5.92 Å². The van der Waals surface area contributed by atoms with Gasteiger partial charge in [-0.15, -0.1) is 0 Å². The number of anilines is 1. The summed E-state index contributed by atoms with van der Waals surface area (Å²) in [5.41, 5.74) is 5.93. The number of nitrogens with zero attached hydrogens (tertiary/aromatic N) is 3. The summed E-state index contributed by atoms with van der Waals surface area (Å²) in [5, 5.41) is 11.8. The molecule has 1 aromatic carbocycles. The number of aryl methyl sites for hydroxylation is 1. The largest absolute Gasteiger partial charge is 0.351 e. The second kappa shape index (κ2) is 7.42. The lowest BCUT2D eigenvalue weighted by atomic mass is 10.1. The van der Waals surface area contributed by atoms with Crippen LogP contribution in [0.5, 0.6) is 0 Å². The van der Waals surface area contributed by atoms with Gasteiger partial charge in [-0.3, -0.25) is 4.79 Å². The van der Waals surface area contributed by atoms with Gasteiger partial charge in [0.2, 0.25) is 5.91 Å². The number of hydrogen-bond acceptors (Lipinski definition) is 4. The predicted octanol–water partition coefficient (Wildman–Crippen LogP) is 3.79. The minimum atomic E-state index is 0.0531. The van der Waals surface area contributed by atoms with Crippen LogP contribution in [0.2, 0.25) is 0 Å². The Morgan fingerprint density at radius 2 is 2.13 bits per heavy atom. The molecule has 0 saturated heterocycles. The van der Waals surface area contributed by atoms with E-state index in [-0.39, 0.29) is 11.8 Å². The van der Waals surface area contributed by atoms with E-state index in [1.165, 1.54) is 0 Å². The minimum Gasteiger partial charge on any atom is -0.351 e. The monoisotopic (exact) mass is 400 g/mol. The van der Waals surface area contributed by atoms with Crippen molar-refractivity contribution in [2.45, 2.75) is 26.3 Å². The third-order valence-corrected chi connectivity index (χ3v) is 5.45. The average Bonchev–Trinajstić information content (AvgIpc) is 3.36. The summed E-state index contributed by atoms with van der Waals surface area (Å²) < 4.78 is 1.87. The first-order chi connectivity index (χ1) is 14.6. The third kappa shape index (κ3) is 3.48. The maximum atomic E-state index is 12.3. The van der Waals surface area contributed by atoms with Crippen molar-refractivity contribution in [2.75, 3.05) is 12.4 Å². The lowest BCUT2D eigenvalue weighted by Crippen LogP contribution is -2.15. The SMILES string of the molecule is CNCc1cnc(NC(=O)C2CC2)c2[nH]c(-c3cccc(-n4ccc(C)n4)c3)cc12. The molecule has 3 N–H and O–H groups in total. The summed E-state index contributed by atoms with van der Waals surface area (Å²) >= 11 is 0. The van der Waals surface area contributed by atoms with Crippen LogP contribution in [0, 0.1) is 12.8 Å². The molecule has 0 spiro atoms. The Bertz CT molecular complexity index is 1230. The fourth-order valence-electron chi connectivity index (χ4n) is 3.69. The minimum absolute atomic E-state index is 0.0531. The van der Waals surface area contributed by atoms with Gasteiger partial charge in [0, 0.05) is 41.5 Å². The molecule has 3 aromatic heterocycles. The zero-order chi connectivity index (χ0) is 20.7. The second-order valence-electron chi connectivity index (χ2n) is 7.85. The van der Waals surface area contributed by atoms with Gasteiger partial charge in [0.25, 0.3) is 0 Å². The molecule has 1 aliphatic rings. The Morgan fingerprint density at radius 1 is 1.27 bits per heavy atom. The number of rotatable bonds is 6. The number of carbonyl (C=O) groups excluding carboxylic acids is 1. The molecule has 30 heavy (non-hydrogen) atoms. The van der Waals surface area contributed by atoms with E-state index in [4.69, 9.17) is 0 Å². The Hall–Kier alpha value is -3.45. The summed E-state index contributed by atoms with van der Waals surface area (Å²) in [6, 6.07) is 12.3. The first kappa shape index (κ1) is 18.6. The quantitative estimate of drug-likeness (QED) is 0.459. The van der Waals surface area contributed by atoms with Gasteiger partial charge < -0.3 is 15.6 Å². The van der Waals surface area contributed by atoms with Crippen LogP contribution in [0.25, 0.3) is 27.8 Å². The normalized spacial score (nSPS) is 13.7. The summed E-state index contributed by atoms with van der Waals surface area (Å²) in [6.07, 6.45) is 5.72. The number of amides is 1. The number of hydrogen-bond donors (Lipinski definition) is 3. The number of fused-ring (bicyclic) bond motifs is 1. The van der Waals surface area contributed by atoms with Crippen molar-refractivity contribution in [1.82, 2.24) is 25.1 Å². The predicted molar refractivity (Wildman–Crippen MR) is 118 cm³/mol. The number of aromatic amines is 1. The Morgan fingerprint density at radius 3 is 2.87 bits per heavy atom. The summed E-state index contributed by atoms with van der Waals surface area (Å²) in [4.78, 5) is 20.3. The van der Waals surface area contributed by atoms with E-state index >= 15 is 0 Å². The van der Waals surface area contributed by atoms with E-state index in [0.29, 0.717) is 12.4 Å². The number of pyridine rings is 1. The van der Waals surface area contributed by atoms with E-state index in [0.717, 1.165) is 51.9 Å². The van der Waals surface area contributed by atoms with Crippen LogP contribution in [0.3, 0.4) is 0 Å². The lowest BCUT2D eigenvalue weighted by molar-refractivity contribution is -0.117. The molecule has 0 aliphatic heterocycles. The maximum Gasteiger partial charge on any atom is 0.228 e. The van der Waals surface area contributed by atoms with Gasteiger partial charge in [-0.2, -0.15) is 5.10 Å². The Kier molecular flexibility index (Phi) is 4.59. The molecule has 3 heterocycles. The first-order valence-corrected chi connectivity index (χ1v) is 10.2. The molecule has 1 fully saturated rings. The average molecular weight is 400 g/mol. The van der Waals surface area contributed by atoms with Gasteiger partial charge in [-0.25, -0.2) is 9.67 Å². The Labute approximate surface area is 174 Å². The molecule has 1 saturated carbocycles. The van der Waals surface area contributed by atoms with Crippen LogP contribution in [0.15, 0.2) is 48.8 Å². The molecule has 1 amide bonds. The van der Waals surface area contributed by atoms with Crippen LogP contribution < -0.4 is 10.6 Å². The second-order valence-corrected chi connectivity index (χ2v) is 7.85. The van der Waals surface area contributed by atoms with Crippen LogP contribution in [-0.4, -0.2) is 32.7 Å². The van der Waals surface area contributed by atoms with Gasteiger partial charge in [0.1, 0.15) is 0 Å². The van der Waals surface area contributed by atoms with Gasteiger partial charge in [0.05, 0.1) is 16.9 Å². The smallest absolute Gasteiger partial charge is 0.228 e. The molecule has 0 radical (unpaired) electrons. The molecular weight excluding hydrogens is 376 g/mol. The van der Waals surface area contributed by atoms with E-state index in [1.807, 2.05) is 49.2 Å². The number of benzene rings is 1. The molecule has 7 nitrogen and oxygen atoms in total. The molecule has 0 unspecified atom stereocenters. The highest BCUT2D eigenvalue weighted by molar-refractivity contribution is 6.02. The van der Waals surface area contributed by atoms with Crippen molar-refractivity contribution in [3.63, 3.8) is 0 Å². The third-order valence-electron chi connectivity index (χ3n) is 5.45. The highest BCUT2D eigenvalue weighted by Crippen LogP contribution is 2.33. The summed E-state index contributed by atoms with van der Waals surface area (Å²) in [5.74, 6) is 0.770. The van der Waals surface area contributed by atoms with Gasteiger partial charge in [-0.1, -0.05) is 12.1 Å². The van der Waals surface area contributed by atoms with E-state index in [2.05, 4.69) is 43.9 Å². The van der Waals surface area contributed by atoms with E-state index in [9.17, 15) is 4.79 Å². The molecule has 4 aromatic rings. The highest BCUT2D eigenvalue weighted by Gasteiger charge is 2.30. The fourth-order valence-corrected chi connectivity index (χ4v) is 3.69. The van der Waals surface area contributed by atoms with Crippen molar-refractivity contribution < 1.29 is 4.79 Å². The molecule has 152 valence electrons. The summed E-state index contributed by atoms with van der Waals surface area (Å²) in [6.45, 7) is 2.68. The number of aromatic nitrogens is 4. The molecule has 1 aliphatic carbocycles. The van der Waals surface area contributed by atoms with Crippen molar-refractivity contribution in [3.8, 4) is 16.9 Å². The number of carbonyl (C=O) groups is 1. The molecule has 5 rings (SSSR count). The standard InChI is InChI=1S/C23H24N6O/c1-14-8-9-29(28-14)18-5-3-4-16(10-18)20-11-19-17(12-24-2)13-25-22(21(19)26-20)27-23(30)15-6-7-15/h3-5,8-11,13,15,24,26H,6-7,12H2,1-2H3,(H,25,27,30). The number of H-pyrrole nitrogens is 1. The van der Waals surface area contributed by atoms with Crippen LogP contribution in [-0.2, 0) is 11.3 Å². The van der Waals surface area contributed by atoms with E-state index in [1.54, 1.807) is 0 Å². The molecular formula is C23H24N6O. The Balaban J connectivity index is 1.57. The molecule has 7 heteroatoms. The number of nitrogens with one attached hydrogen (secondary N) is 3. The van der Waals surface area contributed by atoms with Gasteiger partial charge in [-0.05, 0) is 56.6 Å². The molecule has 0 atom stereocenters. The van der Waals surface area contributed by atoms with E-state index < -0.39 is 0 Å². The van der Waals surface area contributed by atoms with Gasteiger partial charge >= 0.3 is 0 Å². The highest BCUT2D eigenvalue weighted by atomic mass is 16.2. The lowest BCUT2D eigenvalue weighted by Gasteiger charge is -2.08. The van der Waals surface area contributed by atoms with Crippen LogP contribution >= 0.6 is 0 Å². The van der Waals surface area contributed by atoms with Crippen molar-refractivity contribution in [1.29, 1.82) is 0 Å².